The van der Waals surface area contributed by atoms with Crippen LogP contribution in [0.1, 0.15) is 0 Å². The van der Waals surface area contributed by atoms with E-state index < -0.39 is 31.3 Å². The van der Waals surface area contributed by atoms with Gasteiger partial charge in [0.05, 0.1) is 0 Å². The molecule has 16 nitrogen and oxygen atoms in total. The van der Waals surface area contributed by atoms with Gasteiger partial charge < -0.3 is 77.0 Å². The van der Waals surface area contributed by atoms with Crippen molar-refractivity contribution in [2.75, 3.05) is 0 Å². The van der Waals surface area contributed by atoms with E-state index in [4.69, 9.17) is 77.0 Å². The molecule has 0 aromatic heterocycles. The first-order valence-corrected chi connectivity index (χ1v) is 8.76. The van der Waals surface area contributed by atoms with E-state index in [1.807, 2.05) is 0 Å². The molecule has 0 saturated carbocycles. The Morgan fingerprint density at radius 3 is 0.310 bits per heavy atom. The average Bonchev–Trinajstić information content (AvgIpc) is 1.62. The Morgan fingerprint density at radius 1 is 0.310 bits per heavy atom. The van der Waals surface area contributed by atoms with E-state index in [9.17, 15) is 0 Å². The van der Waals surface area contributed by atoms with Crippen molar-refractivity contribution >= 4 is 31.3 Å². The van der Waals surface area contributed by atoms with Gasteiger partial charge in [-0.3, -0.25) is 0 Å². The Labute approximate surface area is 528 Å². The molecule has 0 N–H and O–H groups in total. The first-order chi connectivity index (χ1) is 8.00. The summed E-state index contributed by atoms with van der Waals surface area (Å²) in [7, 11) is -21.6. The molecule has 0 bridgehead atoms. The predicted octanol–water partition coefficient (Wildman–Crippen LogP) is -29.3. The first kappa shape index (κ1) is 84.2. The molecule has 0 aliphatic rings. The molecule has 0 aromatic rings. The van der Waals surface area contributed by atoms with Crippen molar-refractivity contribution in [1.29, 1.82) is 0 Å². The standard InChI is InChI=1S/3Cs.4H3O4P.3Rb.3Zn/c;;;4*1-5(2,3)4;;;;;;/h;;;4*(H3,1,2,3,4);;;;;;/q3*+1;;;;;3*+1;3*+2/p-12. The maximum Gasteiger partial charge on any atom is 2.00 e. The maximum atomic E-state index is 8.55. The van der Waals surface area contributed by atoms with Crippen molar-refractivity contribution in [3.63, 3.8) is 0 Å². The minimum atomic E-state index is -5.39. The summed E-state index contributed by atoms with van der Waals surface area (Å²) in [5.74, 6) is 0. The number of hydrogen-bond acceptors (Lipinski definition) is 16. The average molecular weight is 1230 g/mol. The van der Waals surface area contributed by atoms with Crippen molar-refractivity contribution < 1.29 is 517 Å². The van der Waals surface area contributed by atoms with Crippen molar-refractivity contribution in [2.24, 2.45) is 0 Å². The van der Waals surface area contributed by atoms with Crippen LogP contribution in [0.2, 0.25) is 0 Å². The fourth-order valence-corrected chi connectivity index (χ4v) is 0. The third-order valence-corrected chi connectivity index (χ3v) is 0. The largest absolute Gasteiger partial charge is 2.00 e. The van der Waals surface area contributed by atoms with Crippen LogP contribution in [0.4, 0.5) is 0 Å². The summed E-state index contributed by atoms with van der Waals surface area (Å²) >= 11 is 0. The summed E-state index contributed by atoms with van der Waals surface area (Å²) in [6, 6.07) is 0. The summed E-state index contributed by atoms with van der Waals surface area (Å²) in [6.45, 7) is 0. The Morgan fingerprint density at radius 2 is 0.310 bits per heavy atom. The first-order valence-electron chi connectivity index (χ1n) is 2.92. The van der Waals surface area contributed by atoms with Crippen LogP contribution in [0.3, 0.4) is 0 Å². The number of rotatable bonds is 0. The van der Waals surface area contributed by atoms with Crippen molar-refractivity contribution in [3.05, 3.63) is 0 Å². The molecule has 0 spiro atoms. The van der Waals surface area contributed by atoms with Gasteiger partial charge >= 0.3 is 440 Å². The molecule has 0 fully saturated rings. The molecular formula is Cs3O16P4Rb3Zn3. The fourth-order valence-electron chi connectivity index (χ4n) is 0. The zero-order valence-corrected chi connectivity index (χ0v) is 62.5. The van der Waals surface area contributed by atoms with Gasteiger partial charge in [-0.05, 0) is 0 Å². The smallest absolute Gasteiger partial charge is 0.822 e. The third-order valence-electron chi connectivity index (χ3n) is 0. The van der Waals surface area contributed by atoms with E-state index in [1.165, 1.54) is 0 Å². The molecule has 0 aromatic carbocycles. The molecule has 0 radical (unpaired) electrons. The van der Waals surface area contributed by atoms with Crippen LogP contribution in [-0.4, -0.2) is 0 Å². The molecule has 29 heteroatoms. The molecule has 29 heavy (non-hydrogen) atoms. The molecular weight excluding hydrogens is 1230 g/mol. The van der Waals surface area contributed by atoms with E-state index in [-0.39, 0.29) is 440 Å². The normalized spacial score (nSPS) is 8.14. The van der Waals surface area contributed by atoms with Gasteiger partial charge in [-0.25, -0.2) is 0 Å². The van der Waals surface area contributed by atoms with Crippen molar-refractivity contribution in [3.8, 4) is 0 Å². The molecule has 128 valence electrons. The molecule has 0 unspecified atom stereocenters. The van der Waals surface area contributed by atoms with Crippen LogP contribution in [0.25, 0.3) is 0 Å². The second-order valence-corrected chi connectivity index (χ2v) is 5.37. The fraction of sp³-hybridized carbons (Fsp3) is 0. The van der Waals surface area contributed by atoms with Gasteiger partial charge in [0.2, 0.25) is 0 Å². The van der Waals surface area contributed by atoms with Gasteiger partial charge in [0, 0.05) is 0 Å². The van der Waals surface area contributed by atoms with Gasteiger partial charge in [-0.1, -0.05) is 0 Å². The second-order valence-electron chi connectivity index (χ2n) is 1.79. The summed E-state index contributed by atoms with van der Waals surface area (Å²) in [6.07, 6.45) is 0. The summed E-state index contributed by atoms with van der Waals surface area (Å²) in [4.78, 5) is 103. The predicted molar refractivity (Wildman–Crippen MR) is 30.4 cm³/mol. The summed E-state index contributed by atoms with van der Waals surface area (Å²) < 4.78 is 34.2. The van der Waals surface area contributed by atoms with Crippen LogP contribution in [0, 0.1) is 0 Å². The van der Waals surface area contributed by atoms with Crippen LogP contribution in [0.5, 0.6) is 0 Å². The second kappa shape index (κ2) is 48.8. The summed E-state index contributed by atoms with van der Waals surface area (Å²) in [5.41, 5.74) is 0. The minimum absolute atomic E-state index is 0. The van der Waals surface area contributed by atoms with E-state index in [0.29, 0.717) is 0 Å². The summed E-state index contributed by atoms with van der Waals surface area (Å²) in [5, 5.41) is 0. The van der Waals surface area contributed by atoms with Crippen LogP contribution in [-0.2, 0) is 76.7 Å². The Kier molecular flexibility index (Phi) is 142. The van der Waals surface area contributed by atoms with Crippen molar-refractivity contribution in [1.82, 2.24) is 0 Å². The maximum absolute atomic E-state index is 8.55. The molecule has 0 amide bonds. The Hall–Kier alpha value is 13.9. The third kappa shape index (κ3) is 346. The Balaban J connectivity index is -0.00000000970. The van der Waals surface area contributed by atoms with Gasteiger partial charge in [0.25, 0.3) is 0 Å². The van der Waals surface area contributed by atoms with Gasteiger partial charge in [-0.15, -0.1) is 0 Å². The number of hydrogen-bond donors (Lipinski definition) is 0. The monoisotopic (exact) mass is 1230 g/mol. The minimum Gasteiger partial charge on any atom is -0.822 e. The van der Waals surface area contributed by atoms with Gasteiger partial charge in [0.15, 0.2) is 0 Å². The quantitative estimate of drug-likeness (QED) is 0.161. The molecule has 0 aliphatic carbocycles. The molecule has 0 saturated heterocycles. The molecule has 0 atom stereocenters. The van der Waals surface area contributed by atoms with Crippen LogP contribution < -0.4 is 440 Å². The van der Waals surface area contributed by atoms with E-state index in [2.05, 4.69) is 0 Å². The van der Waals surface area contributed by atoms with E-state index >= 15 is 0 Å². The SMILES string of the molecule is O=P([O-])([O-])[O-].O=P([O-])([O-])[O-].O=P([O-])([O-])[O-].O=P([O-])([O-])[O-].[Cs+].[Cs+].[Cs+].[Rb+].[Rb+].[Rb+].[Zn+2].[Zn+2].[Zn+2]. The molecule has 0 heterocycles. The topological polar surface area (TPSA) is 345 Å². The van der Waals surface area contributed by atoms with Crippen LogP contribution >= 0.6 is 31.3 Å². The van der Waals surface area contributed by atoms with Crippen molar-refractivity contribution in [2.45, 2.75) is 0 Å². The van der Waals surface area contributed by atoms with E-state index in [1.54, 1.807) is 0 Å². The zero-order valence-electron chi connectivity index (χ0n) is 16.4. The Bertz CT molecular complexity index is 319. The van der Waals surface area contributed by atoms with Crippen LogP contribution in [0.15, 0.2) is 0 Å². The van der Waals surface area contributed by atoms with Gasteiger partial charge in [-0.2, -0.15) is 31.3 Å². The van der Waals surface area contributed by atoms with Gasteiger partial charge in [0.1, 0.15) is 0 Å². The number of phosphoric acid groups is 4. The molecule has 0 rings (SSSR count). The zero-order chi connectivity index (χ0) is 18.0. The van der Waals surface area contributed by atoms with E-state index in [0.717, 1.165) is 0 Å². The molecule has 0 aliphatic heterocycles.